The average molecular weight is 288 g/mol. The predicted octanol–water partition coefficient (Wildman–Crippen LogP) is 1.82. The summed E-state index contributed by atoms with van der Waals surface area (Å²) in [5.74, 6) is 0.612. The van der Waals surface area contributed by atoms with Gasteiger partial charge in [0, 0.05) is 11.0 Å². The second-order valence-corrected chi connectivity index (χ2v) is 4.48. The van der Waals surface area contributed by atoms with Gasteiger partial charge < -0.3 is 19.9 Å². The molecule has 1 saturated heterocycles. The lowest BCUT2D eigenvalue weighted by molar-refractivity contribution is 0.0766. The molecule has 5 heteroatoms. The van der Waals surface area contributed by atoms with Crippen molar-refractivity contribution in [3.63, 3.8) is 0 Å². The van der Waals surface area contributed by atoms with Crippen LogP contribution in [0.2, 0.25) is 0 Å². The van der Waals surface area contributed by atoms with E-state index in [1.807, 2.05) is 6.07 Å². The maximum atomic E-state index is 9.61. The summed E-state index contributed by atoms with van der Waals surface area (Å²) in [6.45, 7) is 2.20. The Kier molecular flexibility index (Phi) is 3.68. The average Bonchev–Trinajstić information content (AvgIpc) is 2.30. The van der Waals surface area contributed by atoms with E-state index in [4.69, 9.17) is 9.47 Å². The minimum Gasteiger partial charge on any atom is -0.504 e. The topological polar surface area (TPSA) is 50.7 Å². The standard InChI is InChI=1S/C11H14BrNO3/c1-15-11-4-7(8(12)5-10(11)14)9-6-16-3-2-13-9/h4-5,9,13-14H,2-3,6H2,1H3. The zero-order valence-corrected chi connectivity index (χ0v) is 10.6. The van der Waals surface area contributed by atoms with Crippen molar-refractivity contribution in [2.24, 2.45) is 0 Å². The van der Waals surface area contributed by atoms with Crippen LogP contribution in [0, 0.1) is 0 Å². The number of hydrogen-bond acceptors (Lipinski definition) is 4. The molecule has 2 N–H and O–H groups in total. The van der Waals surface area contributed by atoms with Gasteiger partial charge in [0.1, 0.15) is 0 Å². The lowest BCUT2D eigenvalue weighted by Crippen LogP contribution is -2.34. The Bertz CT molecular complexity index is 378. The molecule has 1 heterocycles. The zero-order chi connectivity index (χ0) is 11.5. The number of methoxy groups -OCH3 is 1. The molecule has 0 bridgehead atoms. The molecule has 0 spiro atoms. The first-order valence-corrected chi connectivity index (χ1v) is 5.89. The highest BCUT2D eigenvalue weighted by atomic mass is 79.9. The number of phenols is 1. The largest absolute Gasteiger partial charge is 0.504 e. The molecule has 88 valence electrons. The Morgan fingerprint density at radius 1 is 1.56 bits per heavy atom. The molecule has 0 saturated carbocycles. The lowest BCUT2D eigenvalue weighted by atomic mass is 10.1. The summed E-state index contributed by atoms with van der Waals surface area (Å²) in [5, 5.41) is 13.0. The smallest absolute Gasteiger partial charge is 0.160 e. The summed E-state index contributed by atoms with van der Waals surface area (Å²) in [7, 11) is 1.54. The van der Waals surface area contributed by atoms with E-state index in [-0.39, 0.29) is 11.8 Å². The first-order chi connectivity index (χ1) is 7.72. The fourth-order valence-corrected chi connectivity index (χ4v) is 2.36. The van der Waals surface area contributed by atoms with Crippen molar-refractivity contribution in [3.8, 4) is 11.5 Å². The molecule has 2 rings (SSSR count). The summed E-state index contributed by atoms with van der Waals surface area (Å²) in [5.41, 5.74) is 1.04. The van der Waals surface area contributed by atoms with E-state index >= 15 is 0 Å². The fourth-order valence-electron chi connectivity index (χ4n) is 1.75. The third-order valence-corrected chi connectivity index (χ3v) is 3.28. The number of halogens is 1. The summed E-state index contributed by atoms with van der Waals surface area (Å²) >= 11 is 3.43. The normalized spacial score (nSPS) is 20.8. The van der Waals surface area contributed by atoms with Crippen molar-refractivity contribution < 1.29 is 14.6 Å². The predicted molar refractivity (Wildman–Crippen MR) is 63.9 cm³/mol. The van der Waals surface area contributed by atoms with Crippen LogP contribution in [0.15, 0.2) is 16.6 Å². The first kappa shape index (κ1) is 11.7. The number of morpholine rings is 1. The number of ether oxygens (including phenoxy) is 2. The molecule has 1 aliphatic heterocycles. The van der Waals surface area contributed by atoms with Gasteiger partial charge in [-0.2, -0.15) is 0 Å². The van der Waals surface area contributed by atoms with E-state index in [1.165, 1.54) is 7.11 Å². The highest BCUT2D eigenvalue weighted by molar-refractivity contribution is 9.10. The maximum absolute atomic E-state index is 9.61. The third kappa shape index (κ3) is 2.31. The molecule has 0 aliphatic carbocycles. The lowest BCUT2D eigenvalue weighted by Gasteiger charge is -2.25. The number of benzene rings is 1. The second-order valence-electron chi connectivity index (χ2n) is 3.63. The minimum absolute atomic E-state index is 0.134. The van der Waals surface area contributed by atoms with Crippen molar-refractivity contribution in [2.45, 2.75) is 6.04 Å². The Hall–Kier alpha value is -0.780. The SMILES string of the molecule is COc1cc(C2COCCN2)c(Br)cc1O. The molecule has 1 aromatic rings. The van der Waals surface area contributed by atoms with Crippen LogP contribution in [0.25, 0.3) is 0 Å². The summed E-state index contributed by atoms with van der Waals surface area (Å²) in [6.07, 6.45) is 0. The molecule has 1 aliphatic rings. The van der Waals surface area contributed by atoms with Crippen molar-refractivity contribution >= 4 is 15.9 Å². The van der Waals surface area contributed by atoms with Gasteiger partial charge >= 0.3 is 0 Å². The van der Waals surface area contributed by atoms with Gasteiger partial charge in [-0.25, -0.2) is 0 Å². The molecule has 0 aromatic heterocycles. The van der Waals surface area contributed by atoms with E-state index in [0.29, 0.717) is 12.4 Å². The highest BCUT2D eigenvalue weighted by Gasteiger charge is 2.19. The van der Waals surface area contributed by atoms with E-state index in [2.05, 4.69) is 21.2 Å². The van der Waals surface area contributed by atoms with E-state index in [1.54, 1.807) is 6.07 Å². The van der Waals surface area contributed by atoms with Crippen LogP contribution in [0.1, 0.15) is 11.6 Å². The Balaban J connectivity index is 2.31. The van der Waals surface area contributed by atoms with Crippen LogP contribution >= 0.6 is 15.9 Å². The van der Waals surface area contributed by atoms with Gasteiger partial charge in [-0.05, 0) is 17.7 Å². The van der Waals surface area contributed by atoms with Gasteiger partial charge in [0.05, 0.1) is 26.4 Å². The minimum atomic E-state index is 0.134. The fraction of sp³-hybridized carbons (Fsp3) is 0.455. The molecule has 1 atom stereocenters. The molecule has 16 heavy (non-hydrogen) atoms. The molecule has 0 amide bonds. The van der Waals surface area contributed by atoms with Crippen molar-refractivity contribution in [3.05, 3.63) is 22.2 Å². The summed E-state index contributed by atoms with van der Waals surface area (Å²) < 4.78 is 11.4. The van der Waals surface area contributed by atoms with Gasteiger partial charge in [-0.3, -0.25) is 0 Å². The van der Waals surface area contributed by atoms with Crippen LogP contribution in [0.3, 0.4) is 0 Å². The number of nitrogens with one attached hydrogen (secondary N) is 1. The first-order valence-electron chi connectivity index (χ1n) is 5.10. The number of hydrogen-bond donors (Lipinski definition) is 2. The molecule has 1 aromatic carbocycles. The zero-order valence-electron chi connectivity index (χ0n) is 9.00. The Morgan fingerprint density at radius 3 is 3.00 bits per heavy atom. The van der Waals surface area contributed by atoms with Crippen LogP contribution in [0.5, 0.6) is 11.5 Å². The van der Waals surface area contributed by atoms with Gasteiger partial charge in [0.15, 0.2) is 11.5 Å². The third-order valence-electron chi connectivity index (χ3n) is 2.60. The van der Waals surface area contributed by atoms with E-state index in [9.17, 15) is 5.11 Å². The van der Waals surface area contributed by atoms with Crippen molar-refractivity contribution in [1.82, 2.24) is 5.32 Å². The molecule has 1 fully saturated rings. The van der Waals surface area contributed by atoms with Crippen molar-refractivity contribution in [1.29, 1.82) is 0 Å². The van der Waals surface area contributed by atoms with Gasteiger partial charge in [0.2, 0.25) is 0 Å². The van der Waals surface area contributed by atoms with Crippen molar-refractivity contribution in [2.75, 3.05) is 26.9 Å². The molecule has 1 unspecified atom stereocenters. The second kappa shape index (κ2) is 5.03. The Labute approximate surface area is 103 Å². The quantitative estimate of drug-likeness (QED) is 0.871. The Morgan fingerprint density at radius 2 is 2.38 bits per heavy atom. The number of rotatable bonds is 2. The van der Waals surface area contributed by atoms with E-state index < -0.39 is 0 Å². The molecule has 4 nitrogen and oxygen atoms in total. The monoisotopic (exact) mass is 287 g/mol. The van der Waals surface area contributed by atoms with E-state index in [0.717, 1.165) is 23.2 Å². The van der Waals surface area contributed by atoms with Gasteiger partial charge in [-0.15, -0.1) is 0 Å². The number of phenolic OH excluding ortho intramolecular Hbond substituents is 1. The molecular formula is C11H14BrNO3. The maximum Gasteiger partial charge on any atom is 0.160 e. The van der Waals surface area contributed by atoms with Crippen LogP contribution in [-0.2, 0) is 4.74 Å². The highest BCUT2D eigenvalue weighted by Crippen LogP contribution is 2.35. The number of aromatic hydroxyl groups is 1. The van der Waals surface area contributed by atoms with Gasteiger partial charge in [-0.1, -0.05) is 15.9 Å². The van der Waals surface area contributed by atoms with Gasteiger partial charge in [0.25, 0.3) is 0 Å². The van der Waals surface area contributed by atoms with Crippen LogP contribution in [0.4, 0.5) is 0 Å². The molecule has 0 radical (unpaired) electrons. The summed E-state index contributed by atoms with van der Waals surface area (Å²) in [4.78, 5) is 0. The van der Waals surface area contributed by atoms with Crippen LogP contribution in [-0.4, -0.2) is 32.0 Å². The summed E-state index contributed by atoms with van der Waals surface area (Å²) in [6, 6.07) is 3.61. The van der Waals surface area contributed by atoms with Crippen LogP contribution < -0.4 is 10.1 Å². The molecular weight excluding hydrogens is 274 g/mol.